The number of benzene rings is 2. The van der Waals surface area contributed by atoms with E-state index in [1.807, 2.05) is 0 Å². The second-order valence-electron chi connectivity index (χ2n) is 9.94. The summed E-state index contributed by atoms with van der Waals surface area (Å²) in [5.74, 6) is 0.288. The number of halogens is 3. The van der Waals surface area contributed by atoms with Gasteiger partial charge in [-0.3, -0.25) is 4.90 Å². The van der Waals surface area contributed by atoms with Crippen LogP contribution in [-0.2, 0) is 6.18 Å². The van der Waals surface area contributed by atoms with Crippen LogP contribution in [-0.4, -0.2) is 66.7 Å². The van der Waals surface area contributed by atoms with Crippen molar-refractivity contribution in [3.8, 4) is 5.75 Å². The van der Waals surface area contributed by atoms with E-state index in [0.29, 0.717) is 0 Å². The van der Waals surface area contributed by atoms with Crippen LogP contribution in [0.5, 0.6) is 5.75 Å². The number of alkyl halides is 3. The van der Waals surface area contributed by atoms with Gasteiger partial charge in [-0.1, -0.05) is 36.0 Å². The van der Waals surface area contributed by atoms with Crippen molar-refractivity contribution in [2.75, 3.05) is 50.7 Å². The number of hydrogen-bond donors (Lipinski definition) is 0. The monoisotopic (exact) mass is 519 g/mol. The first-order chi connectivity index (χ1) is 17.2. The van der Waals surface area contributed by atoms with Gasteiger partial charge in [0, 0.05) is 57.8 Å². The third kappa shape index (κ3) is 7.13. The average molecular weight is 520 g/mol. The first-order valence-corrected chi connectivity index (χ1v) is 13.3. The molecule has 196 valence electrons. The number of piperidine rings is 1. The molecular formula is C28H36F3N3OS. The molecule has 0 spiro atoms. The zero-order valence-corrected chi connectivity index (χ0v) is 22.0. The van der Waals surface area contributed by atoms with Gasteiger partial charge in [0.05, 0.1) is 10.6 Å². The second-order valence-corrected chi connectivity index (χ2v) is 10.4. The fourth-order valence-corrected chi connectivity index (χ4v) is 5.32. The van der Waals surface area contributed by atoms with Gasteiger partial charge < -0.3 is 14.5 Å². The Morgan fingerprint density at radius 2 is 1.61 bits per heavy atom. The maximum absolute atomic E-state index is 13.2. The van der Waals surface area contributed by atoms with Crippen LogP contribution in [0.15, 0.2) is 42.5 Å². The predicted molar refractivity (Wildman–Crippen MR) is 143 cm³/mol. The highest BCUT2D eigenvalue weighted by molar-refractivity contribution is 7.80. The van der Waals surface area contributed by atoms with Gasteiger partial charge in [-0.25, -0.2) is 0 Å². The molecule has 0 amide bonds. The van der Waals surface area contributed by atoms with E-state index >= 15 is 0 Å². The van der Waals surface area contributed by atoms with Gasteiger partial charge >= 0.3 is 6.18 Å². The first-order valence-electron chi connectivity index (χ1n) is 12.9. The second kappa shape index (κ2) is 11.8. The SMILES string of the molecule is Cc1ccc(N2CCN(CCCC(=S)N3CCC(Oc4ccc(C)c(C(F)(F)F)c4)CC3)CC2)cc1. The summed E-state index contributed by atoms with van der Waals surface area (Å²) in [5.41, 5.74) is 2.17. The van der Waals surface area contributed by atoms with Crippen molar-refractivity contribution >= 4 is 22.9 Å². The lowest BCUT2D eigenvalue weighted by atomic mass is 10.1. The van der Waals surface area contributed by atoms with Crippen LogP contribution in [0.2, 0.25) is 0 Å². The van der Waals surface area contributed by atoms with Crippen molar-refractivity contribution in [2.24, 2.45) is 0 Å². The Bertz CT molecular complexity index is 1010. The number of ether oxygens (including phenoxy) is 1. The zero-order valence-electron chi connectivity index (χ0n) is 21.2. The maximum Gasteiger partial charge on any atom is 0.416 e. The third-order valence-corrected chi connectivity index (χ3v) is 7.71. The summed E-state index contributed by atoms with van der Waals surface area (Å²) in [4.78, 5) is 8.19. The van der Waals surface area contributed by atoms with E-state index in [-0.39, 0.29) is 17.4 Å². The number of nitrogens with zero attached hydrogens (tertiary/aromatic N) is 3. The normalized spacial score (nSPS) is 17.9. The van der Waals surface area contributed by atoms with E-state index < -0.39 is 11.7 Å². The molecular weight excluding hydrogens is 483 g/mol. The quantitative estimate of drug-likeness (QED) is 0.411. The van der Waals surface area contributed by atoms with Crippen molar-refractivity contribution in [3.05, 3.63) is 59.2 Å². The van der Waals surface area contributed by atoms with Crippen LogP contribution in [0.3, 0.4) is 0 Å². The number of aryl methyl sites for hydroxylation is 2. The van der Waals surface area contributed by atoms with Gasteiger partial charge in [0.15, 0.2) is 0 Å². The Labute approximate surface area is 218 Å². The number of rotatable bonds is 7. The van der Waals surface area contributed by atoms with E-state index in [2.05, 4.69) is 45.9 Å². The number of hydrogen-bond acceptors (Lipinski definition) is 4. The van der Waals surface area contributed by atoms with Crippen LogP contribution in [0.1, 0.15) is 42.4 Å². The molecule has 4 nitrogen and oxygen atoms in total. The lowest BCUT2D eigenvalue weighted by Crippen LogP contribution is -2.47. The predicted octanol–water partition coefficient (Wildman–Crippen LogP) is 6.10. The van der Waals surface area contributed by atoms with Gasteiger partial charge in [0.1, 0.15) is 11.9 Å². The molecule has 2 aromatic rings. The van der Waals surface area contributed by atoms with Crippen molar-refractivity contribution < 1.29 is 17.9 Å². The summed E-state index contributed by atoms with van der Waals surface area (Å²) in [6, 6.07) is 13.0. The molecule has 0 aromatic heterocycles. The minimum Gasteiger partial charge on any atom is -0.490 e. The third-order valence-electron chi connectivity index (χ3n) is 7.25. The molecule has 2 fully saturated rings. The van der Waals surface area contributed by atoms with E-state index in [1.165, 1.54) is 24.2 Å². The molecule has 0 atom stereocenters. The van der Waals surface area contributed by atoms with Gasteiger partial charge in [0.2, 0.25) is 0 Å². The number of anilines is 1. The molecule has 2 heterocycles. The summed E-state index contributed by atoms with van der Waals surface area (Å²) in [6.07, 6.45) is -0.993. The molecule has 2 saturated heterocycles. The highest BCUT2D eigenvalue weighted by atomic mass is 32.1. The smallest absolute Gasteiger partial charge is 0.416 e. The van der Waals surface area contributed by atoms with Crippen molar-refractivity contribution in [2.45, 2.75) is 51.8 Å². The molecule has 0 N–H and O–H groups in total. The van der Waals surface area contributed by atoms with Crippen molar-refractivity contribution in [1.82, 2.24) is 9.80 Å². The van der Waals surface area contributed by atoms with Crippen LogP contribution in [0.25, 0.3) is 0 Å². The Hall–Kier alpha value is -2.32. The molecule has 0 unspecified atom stereocenters. The number of thiocarbonyl (C=S) groups is 1. The maximum atomic E-state index is 13.2. The van der Waals surface area contributed by atoms with Gasteiger partial charge in [0.25, 0.3) is 0 Å². The molecule has 0 bridgehead atoms. The minimum absolute atomic E-state index is 0.0855. The van der Waals surface area contributed by atoms with E-state index in [4.69, 9.17) is 17.0 Å². The van der Waals surface area contributed by atoms with Crippen LogP contribution >= 0.6 is 12.2 Å². The molecule has 2 aliphatic heterocycles. The fraction of sp³-hybridized carbons (Fsp3) is 0.536. The lowest BCUT2D eigenvalue weighted by molar-refractivity contribution is -0.138. The van der Waals surface area contributed by atoms with Crippen LogP contribution in [0.4, 0.5) is 18.9 Å². The van der Waals surface area contributed by atoms with Crippen molar-refractivity contribution in [1.29, 1.82) is 0 Å². The molecule has 0 saturated carbocycles. The van der Waals surface area contributed by atoms with E-state index in [1.54, 1.807) is 6.07 Å². The topological polar surface area (TPSA) is 19.0 Å². The molecule has 4 rings (SSSR count). The zero-order chi connectivity index (χ0) is 25.7. The summed E-state index contributed by atoms with van der Waals surface area (Å²) in [5, 5.41) is 0. The Morgan fingerprint density at radius 1 is 0.944 bits per heavy atom. The number of likely N-dealkylation sites (tertiary alicyclic amines) is 1. The molecule has 2 aliphatic rings. The van der Waals surface area contributed by atoms with E-state index in [9.17, 15) is 13.2 Å². The van der Waals surface area contributed by atoms with Crippen LogP contribution < -0.4 is 9.64 Å². The Morgan fingerprint density at radius 3 is 2.25 bits per heavy atom. The molecule has 36 heavy (non-hydrogen) atoms. The number of piperazine rings is 1. The highest BCUT2D eigenvalue weighted by Crippen LogP contribution is 2.34. The molecule has 8 heteroatoms. The van der Waals surface area contributed by atoms with Gasteiger partial charge in [-0.2, -0.15) is 13.2 Å². The first kappa shape index (κ1) is 26.7. The van der Waals surface area contributed by atoms with Gasteiger partial charge in [-0.05, 0) is 63.1 Å². The fourth-order valence-electron chi connectivity index (χ4n) is 4.99. The van der Waals surface area contributed by atoms with Crippen molar-refractivity contribution in [3.63, 3.8) is 0 Å². The summed E-state index contributed by atoms with van der Waals surface area (Å²) in [7, 11) is 0. The molecule has 0 aliphatic carbocycles. The van der Waals surface area contributed by atoms with Gasteiger partial charge in [-0.15, -0.1) is 0 Å². The lowest BCUT2D eigenvalue weighted by Gasteiger charge is -2.36. The van der Waals surface area contributed by atoms with Crippen LogP contribution in [0, 0.1) is 13.8 Å². The summed E-state index contributed by atoms with van der Waals surface area (Å²) >= 11 is 5.71. The Kier molecular flexibility index (Phi) is 8.78. The minimum atomic E-state index is -4.37. The highest BCUT2D eigenvalue weighted by Gasteiger charge is 2.33. The largest absolute Gasteiger partial charge is 0.490 e. The molecule has 0 radical (unpaired) electrons. The summed E-state index contributed by atoms with van der Waals surface area (Å²) < 4.78 is 45.5. The summed E-state index contributed by atoms with van der Waals surface area (Å²) in [6.45, 7) is 10.4. The van der Waals surface area contributed by atoms with E-state index in [0.717, 1.165) is 82.6 Å². The standard InChI is InChI=1S/C28H36F3N3OS/c1-21-5-8-23(9-6-21)33-18-16-32(17-19-33)13-3-4-27(36)34-14-11-24(12-15-34)35-25-10-7-22(2)26(20-25)28(29,30)31/h5-10,20,24H,3-4,11-19H2,1-2H3. The average Bonchev–Trinajstić information content (AvgIpc) is 2.86. The molecule has 2 aromatic carbocycles. The Balaban J connectivity index is 1.14.